The largest absolute Gasteiger partial charge is 0.496 e. The van der Waals surface area contributed by atoms with Gasteiger partial charge in [0.05, 0.1) is 16.8 Å². The maximum Gasteiger partial charge on any atom is 0.496 e. The summed E-state index contributed by atoms with van der Waals surface area (Å²) in [6.45, 7) is 8.60. The van der Waals surface area contributed by atoms with Crippen LogP contribution in [0.3, 0.4) is 0 Å². The number of benzene rings is 1. The molecule has 0 bridgehead atoms. The Balaban J connectivity index is 2.44. The second kappa shape index (κ2) is 5.52. The third-order valence-corrected chi connectivity index (χ3v) is 4.20. The summed E-state index contributed by atoms with van der Waals surface area (Å²) in [4.78, 5) is 11.3. The summed E-state index contributed by atoms with van der Waals surface area (Å²) in [7, 11) is -0.857. The van der Waals surface area contributed by atoms with E-state index in [1.54, 1.807) is 0 Å². The van der Waals surface area contributed by atoms with Crippen LogP contribution in [-0.2, 0) is 20.3 Å². The molecule has 1 aliphatic heterocycles. The summed E-state index contributed by atoms with van der Waals surface area (Å²) in [5.41, 5.74) is -1.72. The number of alkyl halides is 3. The molecule has 1 amide bonds. The Labute approximate surface area is 133 Å². The van der Waals surface area contributed by atoms with Crippen molar-refractivity contribution in [2.45, 2.75) is 52.0 Å². The number of carbonyl (C=O) groups excluding carboxylic acids is 1. The quantitative estimate of drug-likeness (QED) is 0.849. The van der Waals surface area contributed by atoms with Crippen LogP contribution in [0.4, 0.5) is 18.9 Å². The first-order valence-corrected chi connectivity index (χ1v) is 7.18. The van der Waals surface area contributed by atoms with E-state index in [0.717, 1.165) is 12.1 Å². The van der Waals surface area contributed by atoms with Gasteiger partial charge in [-0.3, -0.25) is 4.79 Å². The average molecular weight is 329 g/mol. The smallest absolute Gasteiger partial charge is 0.399 e. The molecule has 0 radical (unpaired) electrons. The molecule has 2 rings (SSSR count). The lowest BCUT2D eigenvalue weighted by Crippen LogP contribution is -2.41. The van der Waals surface area contributed by atoms with Crippen LogP contribution in [-0.4, -0.2) is 24.2 Å². The van der Waals surface area contributed by atoms with Gasteiger partial charge in [-0.15, -0.1) is 0 Å². The van der Waals surface area contributed by atoms with Gasteiger partial charge < -0.3 is 14.6 Å². The average Bonchev–Trinajstić information content (AvgIpc) is 2.56. The number of anilines is 1. The van der Waals surface area contributed by atoms with Gasteiger partial charge in [0.25, 0.3) is 0 Å². The lowest BCUT2D eigenvalue weighted by Gasteiger charge is -2.32. The Kier molecular flexibility index (Phi) is 4.28. The fourth-order valence-electron chi connectivity index (χ4n) is 2.21. The predicted molar refractivity (Wildman–Crippen MR) is 81.5 cm³/mol. The van der Waals surface area contributed by atoms with E-state index in [2.05, 4.69) is 5.32 Å². The number of hydrogen-bond donors (Lipinski definition) is 1. The van der Waals surface area contributed by atoms with Crippen molar-refractivity contribution in [1.82, 2.24) is 0 Å². The van der Waals surface area contributed by atoms with Crippen molar-refractivity contribution in [3.8, 4) is 0 Å². The molecule has 0 saturated carbocycles. The predicted octanol–water partition coefficient (Wildman–Crippen LogP) is 2.96. The van der Waals surface area contributed by atoms with Crippen LogP contribution in [0.25, 0.3) is 0 Å². The molecule has 23 heavy (non-hydrogen) atoms. The number of amides is 1. The van der Waals surface area contributed by atoms with Crippen LogP contribution in [0, 0.1) is 0 Å². The summed E-state index contributed by atoms with van der Waals surface area (Å²) in [6, 6.07) is 3.11. The zero-order chi connectivity index (χ0) is 17.6. The summed E-state index contributed by atoms with van der Waals surface area (Å²) in [6.07, 6.45) is -4.50. The Bertz CT molecular complexity index is 613. The molecule has 1 saturated heterocycles. The molecular formula is C15H19BF3NO3. The van der Waals surface area contributed by atoms with Gasteiger partial charge in [0.2, 0.25) is 5.91 Å². The van der Waals surface area contributed by atoms with Crippen molar-refractivity contribution in [1.29, 1.82) is 0 Å². The lowest BCUT2D eigenvalue weighted by molar-refractivity contribution is -0.137. The summed E-state index contributed by atoms with van der Waals surface area (Å²) in [5.74, 6) is -0.470. The molecule has 1 N–H and O–H groups in total. The number of nitrogens with one attached hydrogen (secondary N) is 1. The van der Waals surface area contributed by atoms with Gasteiger partial charge in [0.1, 0.15) is 0 Å². The van der Waals surface area contributed by atoms with Gasteiger partial charge in [0.15, 0.2) is 0 Å². The topological polar surface area (TPSA) is 47.6 Å². The third-order valence-electron chi connectivity index (χ3n) is 4.20. The fourth-order valence-corrected chi connectivity index (χ4v) is 2.21. The summed E-state index contributed by atoms with van der Waals surface area (Å²) in [5, 5.41) is 2.42. The van der Waals surface area contributed by atoms with Gasteiger partial charge in [0, 0.05) is 18.1 Å². The zero-order valence-electron chi connectivity index (χ0n) is 13.7. The standard InChI is InChI=1S/C15H19BF3NO3/c1-9(21)20-12-8-10(15(17,18)19)6-7-11(12)16-22-13(2,3)14(4,5)23-16/h6-8H,1-5H3,(H,20,21). The molecule has 1 fully saturated rings. The maximum atomic E-state index is 12.9. The third kappa shape index (κ3) is 3.53. The molecule has 1 aromatic carbocycles. The molecule has 4 nitrogen and oxygen atoms in total. The van der Waals surface area contributed by atoms with Gasteiger partial charge in [-0.25, -0.2) is 0 Å². The van der Waals surface area contributed by atoms with E-state index >= 15 is 0 Å². The van der Waals surface area contributed by atoms with Crippen LogP contribution in [0.1, 0.15) is 40.2 Å². The first-order valence-electron chi connectivity index (χ1n) is 7.18. The highest BCUT2D eigenvalue weighted by atomic mass is 19.4. The van der Waals surface area contributed by atoms with Crippen LogP contribution in [0.2, 0.25) is 0 Å². The second-order valence-electron chi connectivity index (χ2n) is 6.57. The minimum absolute atomic E-state index is 0.0332. The second-order valence-corrected chi connectivity index (χ2v) is 6.57. The molecule has 0 aliphatic carbocycles. The Morgan fingerprint density at radius 3 is 2.09 bits per heavy atom. The van der Waals surface area contributed by atoms with Crippen molar-refractivity contribution in [3.63, 3.8) is 0 Å². The minimum Gasteiger partial charge on any atom is -0.399 e. The van der Waals surface area contributed by atoms with E-state index in [1.165, 1.54) is 13.0 Å². The van der Waals surface area contributed by atoms with E-state index in [4.69, 9.17) is 9.31 Å². The van der Waals surface area contributed by atoms with E-state index in [0.29, 0.717) is 5.46 Å². The number of hydrogen-bond acceptors (Lipinski definition) is 3. The molecule has 8 heteroatoms. The van der Waals surface area contributed by atoms with Gasteiger partial charge >= 0.3 is 13.3 Å². The molecule has 1 aliphatic rings. The fraction of sp³-hybridized carbons (Fsp3) is 0.533. The van der Waals surface area contributed by atoms with Crippen molar-refractivity contribution in [2.24, 2.45) is 0 Å². The van der Waals surface area contributed by atoms with Crippen molar-refractivity contribution >= 4 is 24.2 Å². The molecule has 1 heterocycles. The molecule has 0 spiro atoms. The van der Waals surface area contributed by atoms with Crippen LogP contribution < -0.4 is 10.8 Å². The van der Waals surface area contributed by atoms with Crippen LogP contribution in [0.15, 0.2) is 18.2 Å². The monoisotopic (exact) mass is 329 g/mol. The molecule has 1 aromatic rings. The van der Waals surface area contributed by atoms with E-state index in [9.17, 15) is 18.0 Å². The number of halogens is 3. The van der Waals surface area contributed by atoms with Crippen LogP contribution >= 0.6 is 0 Å². The highest BCUT2D eigenvalue weighted by Gasteiger charge is 2.52. The Morgan fingerprint density at radius 1 is 1.13 bits per heavy atom. The number of rotatable bonds is 2. The first kappa shape index (κ1) is 17.8. The summed E-state index contributed by atoms with van der Waals surface area (Å²) >= 11 is 0. The zero-order valence-corrected chi connectivity index (χ0v) is 13.7. The number of carbonyl (C=O) groups is 1. The van der Waals surface area contributed by atoms with Crippen molar-refractivity contribution in [3.05, 3.63) is 23.8 Å². The molecule has 0 atom stereocenters. The van der Waals surface area contributed by atoms with E-state index in [1.807, 2.05) is 27.7 Å². The van der Waals surface area contributed by atoms with E-state index < -0.39 is 36.0 Å². The lowest BCUT2D eigenvalue weighted by atomic mass is 9.77. The highest BCUT2D eigenvalue weighted by Crippen LogP contribution is 2.37. The maximum absolute atomic E-state index is 12.9. The molecule has 126 valence electrons. The molecule has 0 aromatic heterocycles. The van der Waals surface area contributed by atoms with Gasteiger partial charge in [-0.05, 0) is 33.8 Å². The Morgan fingerprint density at radius 2 is 1.65 bits per heavy atom. The van der Waals surface area contributed by atoms with Crippen molar-refractivity contribution in [2.75, 3.05) is 5.32 Å². The molecule has 0 unspecified atom stereocenters. The Hall–Kier alpha value is -1.54. The minimum atomic E-state index is -4.50. The summed E-state index contributed by atoms with van der Waals surface area (Å²) < 4.78 is 50.3. The van der Waals surface area contributed by atoms with E-state index in [-0.39, 0.29) is 5.69 Å². The van der Waals surface area contributed by atoms with Crippen LogP contribution in [0.5, 0.6) is 0 Å². The molecular weight excluding hydrogens is 310 g/mol. The van der Waals surface area contributed by atoms with Crippen molar-refractivity contribution < 1.29 is 27.3 Å². The van der Waals surface area contributed by atoms with Gasteiger partial charge in [-0.2, -0.15) is 13.2 Å². The normalized spacial score (nSPS) is 19.7. The van der Waals surface area contributed by atoms with Gasteiger partial charge in [-0.1, -0.05) is 12.1 Å². The highest BCUT2D eigenvalue weighted by molar-refractivity contribution is 6.64. The first-order chi connectivity index (χ1) is 10.3. The SMILES string of the molecule is CC(=O)Nc1cc(C(F)(F)F)ccc1B1OC(C)(C)C(C)(C)O1.